The molecule has 0 saturated heterocycles. The van der Waals surface area contributed by atoms with Gasteiger partial charge < -0.3 is 9.88 Å². The molecule has 0 spiro atoms. The van der Waals surface area contributed by atoms with Crippen LogP contribution in [0.25, 0.3) is 22.2 Å². The van der Waals surface area contributed by atoms with Gasteiger partial charge in [-0.25, -0.2) is 4.98 Å². The van der Waals surface area contributed by atoms with Crippen molar-refractivity contribution >= 4 is 46.0 Å². The van der Waals surface area contributed by atoms with E-state index in [4.69, 9.17) is 16.6 Å². The number of benzene rings is 2. The van der Waals surface area contributed by atoms with Gasteiger partial charge in [0.1, 0.15) is 11.0 Å². The van der Waals surface area contributed by atoms with Crippen molar-refractivity contribution in [3.8, 4) is 11.1 Å². The largest absolute Gasteiger partial charge is 0.344 e. The van der Waals surface area contributed by atoms with Crippen molar-refractivity contribution in [1.29, 1.82) is 0 Å². The van der Waals surface area contributed by atoms with Gasteiger partial charge in [-0.3, -0.25) is 14.2 Å². The van der Waals surface area contributed by atoms with Crippen molar-refractivity contribution in [3.05, 3.63) is 76.2 Å². The molecule has 0 aliphatic carbocycles. The topological polar surface area (TPSA) is 68.9 Å². The Bertz CT molecular complexity index is 1330. The Kier molecular flexibility index (Phi) is 6.67. The van der Waals surface area contributed by atoms with Crippen LogP contribution in [0.5, 0.6) is 0 Å². The van der Waals surface area contributed by atoms with E-state index >= 15 is 0 Å². The summed E-state index contributed by atoms with van der Waals surface area (Å²) in [5.74, 6) is -0.0622. The summed E-state index contributed by atoms with van der Waals surface area (Å²) in [4.78, 5) is 30.7. The number of amides is 1. The maximum absolute atomic E-state index is 13.4. The predicted octanol–water partition coefficient (Wildman–Crippen LogP) is 5.20. The molecule has 0 unspecified atom stereocenters. The number of thioether (sulfide) groups is 1. The maximum Gasteiger partial charge on any atom is 0.278 e. The number of anilines is 1. The summed E-state index contributed by atoms with van der Waals surface area (Å²) in [6.45, 7) is 2.54. The molecule has 0 fully saturated rings. The number of hydrogen-bond donors (Lipinski definition) is 1. The van der Waals surface area contributed by atoms with Crippen molar-refractivity contribution in [3.63, 3.8) is 0 Å². The Morgan fingerprint density at radius 1 is 1.16 bits per heavy atom. The summed E-state index contributed by atoms with van der Waals surface area (Å²) >= 11 is 7.25. The molecule has 0 aliphatic rings. The van der Waals surface area contributed by atoms with E-state index < -0.39 is 0 Å². The Morgan fingerprint density at radius 2 is 1.94 bits per heavy atom. The molecule has 2 heterocycles. The first-order valence-corrected chi connectivity index (χ1v) is 11.7. The minimum Gasteiger partial charge on any atom is -0.344 e. The van der Waals surface area contributed by atoms with Crippen LogP contribution in [0, 0.1) is 0 Å². The van der Waals surface area contributed by atoms with Crippen molar-refractivity contribution in [2.45, 2.75) is 25.0 Å². The number of aryl methyl sites for hydroxylation is 1. The molecule has 1 N–H and O–H groups in total. The maximum atomic E-state index is 13.4. The van der Waals surface area contributed by atoms with Crippen LogP contribution in [0.4, 0.5) is 5.69 Å². The molecular weight excluding hydrogens is 444 g/mol. The van der Waals surface area contributed by atoms with Gasteiger partial charge in [0, 0.05) is 36.1 Å². The number of carbonyl (C=O) groups is 1. The van der Waals surface area contributed by atoms with Gasteiger partial charge in [-0.15, -0.1) is 0 Å². The zero-order valence-corrected chi connectivity index (χ0v) is 19.4. The van der Waals surface area contributed by atoms with Crippen LogP contribution < -0.4 is 10.9 Å². The van der Waals surface area contributed by atoms with Crippen LogP contribution in [0.1, 0.15) is 13.3 Å². The first-order valence-electron chi connectivity index (χ1n) is 10.3. The fourth-order valence-electron chi connectivity index (χ4n) is 3.60. The molecule has 0 aliphatic heterocycles. The standard InChI is InChI=1S/C24H23ClN4O2S/c1-3-12-29-23(31)22-21(19(14-28(22)2)16-8-5-4-6-9-16)27-24(29)32-15-20(30)26-18-11-7-10-17(25)13-18/h4-11,13-14H,3,12,15H2,1-2H3,(H,26,30). The van der Waals surface area contributed by atoms with Crippen LogP contribution in [0.15, 0.2) is 70.7 Å². The van der Waals surface area contributed by atoms with E-state index in [0.29, 0.717) is 33.4 Å². The van der Waals surface area contributed by atoms with Crippen molar-refractivity contribution in [2.75, 3.05) is 11.1 Å². The van der Waals surface area contributed by atoms with E-state index in [1.54, 1.807) is 28.8 Å². The summed E-state index contributed by atoms with van der Waals surface area (Å²) in [6, 6.07) is 16.9. The molecule has 0 radical (unpaired) electrons. The first kappa shape index (κ1) is 22.2. The molecule has 164 valence electrons. The van der Waals surface area contributed by atoms with E-state index in [9.17, 15) is 9.59 Å². The van der Waals surface area contributed by atoms with Gasteiger partial charge in [-0.2, -0.15) is 0 Å². The number of carbonyl (C=O) groups excluding carboxylic acids is 1. The Morgan fingerprint density at radius 3 is 2.66 bits per heavy atom. The van der Waals surface area contributed by atoms with Crippen molar-refractivity contribution in [1.82, 2.24) is 14.1 Å². The number of nitrogens with zero attached hydrogens (tertiary/aromatic N) is 3. The Labute approximate surface area is 195 Å². The summed E-state index contributed by atoms with van der Waals surface area (Å²) in [7, 11) is 1.86. The second-order valence-corrected chi connectivity index (χ2v) is 8.79. The van der Waals surface area contributed by atoms with Crippen LogP contribution in [-0.2, 0) is 18.4 Å². The number of hydrogen-bond acceptors (Lipinski definition) is 4. The molecule has 2 aromatic carbocycles. The van der Waals surface area contributed by atoms with Crippen LogP contribution >= 0.6 is 23.4 Å². The van der Waals surface area contributed by atoms with E-state index in [1.807, 2.05) is 55.1 Å². The summed E-state index contributed by atoms with van der Waals surface area (Å²) < 4.78 is 3.49. The molecule has 0 saturated carbocycles. The highest BCUT2D eigenvalue weighted by molar-refractivity contribution is 7.99. The third kappa shape index (κ3) is 4.59. The molecule has 32 heavy (non-hydrogen) atoms. The van der Waals surface area contributed by atoms with E-state index in [0.717, 1.165) is 17.5 Å². The van der Waals surface area contributed by atoms with Gasteiger partial charge in [-0.05, 0) is 30.2 Å². The van der Waals surface area contributed by atoms with Gasteiger partial charge in [0.15, 0.2) is 5.16 Å². The zero-order valence-electron chi connectivity index (χ0n) is 17.8. The molecule has 4 rings (SSSR count). The molecule has 8 heteroatoms. The highest BCUT2D eigenvalue weighted by Gasteiger charge is 2.19. The van der Waals surface area contributed by atoms with Gasteiger partial charge >= 0.3 is 0 Å². The fraction of sp³-hybridized carbons (Fsp3) is 0.208. The quantitative estimate of drug-likeness (QED) is 0.300. The average molecular weight is 467 g/mol. The fourth-order valence-corrected chi connectivity index (χ4v) is 4.61. The van der Waals surface area contributed by atoms with Gasteiger partial charge in [0.05, 0.1) is 5.75 Å². The summed E-state index contributed by atoms with van der Waals surface area (Å²) in [5.41, 5.74) is 3.63. The second kappa shape index (κ2) is 9.63. The smallest absolute Gasteiger partial charge is 0.278 e. The summed E-state index contributed by atoms with van der Waals surface area (Å²) in [6.07, 6.45) is 2.72. The normalized spacial score (nSPS) is 11.1. The molecule has 0 atom stereocenters. The highest BCUT2D eigenvalue weighted by Crippen LogP contribution is 2.29. The third-order valence-electron chi connectivity index (χ3n) is 5.01. The third-order valence-corrected chi connectivity index (χ3v) is 6.23. The Hall–Kier alpha value is -3.03. The van der Waals surface area contributed by atoms with Crippen molar-refractivity contribution in [2.24, 2.45) is 7.05 Å². The van der Waals surface area contributed by atoms with Gasteiger partial charge in [-0.1, -0.05) is 66.7 Å². The number of nitrogens with one attached hydrogen (secondary N) is 1. The molecule has 6 nitrogen and oxygen atoms in total. The van der Waals surface area contributed by atoms with Crippen LogP contribution in [-0.4, -0.2) is 25.8 Å². The second-order valence-electron chi connectivity index (χ2n) is 7.42. The molecule has 4 aromatic rings. The number of halogens is 1. The molecule has 1 amide bonds. The lowest BCUT2D eigenvalue weighted by Crippen LogP contribution is -2.25. The Balaban J connectivity index is 1.69. The van der Waals surface area contributed by atoms with Crippen LogP contribution in [0.2, 0.25) is 5.02 Å². The lowest BCUT2D eigenvalue weighted by Gasteiger charge is -2.12. The van der Waals surface area contributed by atoms with Gasteiger partial charge in [0.2, 0.25) is 5.91 Å². The van der Waals surface area contributed by atoms with E-state index in [1.165, 1.54) is 11.8 Å². The lowest BCUT2D eigenvalue weighted by atomic mass is 10.1. The first-order chi connectivity index (χ1) is 15.5. The predicted molar refractivity (Wildman–Crippen MR) is 132 cm³/mol. The van der Waals surface area contributed by atoms with Crippen LogP contribution in [0.3, 0.4) is 0 Å². The number of aromatic nitrogens is 3. The highest BCUT2D eigenvalue weighted by atomic mass is 35.5. The molecule has 0 bridgehead atoms. The minimum absolute atomic E-state index is 0.0979. The number of rotatable bonds is 7. The monoisotopic (exact) mass is 466 g/mol. The minimum atomic E-state index is -0.189. The SMILES string of the molecule is CCCn1c(SCC(=O)Nc2cccc(Cl)c2)nc2c(-c3ccccc3)cn(C)c2c1=O. The average Bonchev–Trinajstić information content (AvgIpc) is 3.11. The molecule has 2 aromatic heterocycles. The van der Waals surface area contributed by atoms with Gasteiger partial charge in [0.25, 0.3) is 5.56 Å². The van der Waals surface area contributed by atoms with E-state index in [-0.39, 0.29) is 17.2 Å². The molecular formula is C24H23ClN4O2S. The van der Waals surface area contributed by atoms with Crippen molar-refractivity contribution < 1.29 is 4.79 Å². The zero-order chi connectivity index (χ0) is 22.7. The van der Waals surface area contributed by atoms with E-state index in [2.05, 4.69) is 5.32 Å². The lowest BCUT2D eigenvalue weighted by molar-refractivity contribution is -0.113. The summed E-state index contributed by atoms with van der Waals surface area (Å²) in [5, 5.41) is 3.92. The number of fused-ring (bicyclic) bond motifs is 1.